The molecule has 0 bridgehead atoms. The molecule has 2 aromatic carbocycles. The number of aromatic nitrogens is 1. The Labute approximate surface area is 231 Å². The number of hydrogen-bond acceptors (Lipinski definition) is 10. The third-order valence-corrected chi connectivity index (χ3v) is 4.42. The lowest BCUT2D eigenvalue weighted by Gasteiger charge is -2.08. The summed E-state index contributed by atoms with van der Waals surface area (Å²) < 4.78 is 53.6. The largest absolute Gasteiger partial charge is 0.573 e. The first-order chi connectivity index (χ1) is 18.8. The fourth-order valence-electron chi connectivity index (χ4n) is 2.51. The minimum Gasteiger partial charge on any atom is -0.460 e. The van der Waals surface area contributed by atoms with Crippen molar-refractivity contribution in [2.75, 3.05) is 13.2 Å². The quantitative estimate of drug-likeness (QED) is 0.0744. The molecule has 0 saturated carbocycles. The summed E-state index contributed by atoms with van der Waals surface area (Å²) in [6.45, 7) is 5.60. The molecule has 1 aromatic heterocycles. The van der Waals surface area contributed by atoms with E-state index in [1.807, 2.05) is 31.2 Å². The Morgan fingerprint density at radius 1 is 1.02 bits per heavy atom. The molecule has 0 radical (unpaired) electrons. The van der Waals surface area contributed by atoms with Crippen molar-refractivity contribution < 1.29 is 51.5 Å². The summed E-state index contributed by atoms with van der Waals surface area (Å²) in [6, 6.07) is 13.8. The van der Waals surface area contributed by atoms with Gasteiger partial charge in [-0.15, -0.1) is 13.2 Å². The van der Waals surface area contributed by atoms with Crippen LogP contribution in [0.2, 0.25) is 0 Å². The van der Waals surface area contributed by atoms with E-state index in [0.717, 1.165) is 23.3 Å². The van der Waals surface area contributed by atoms with Gasteiger partial charge in [0, 0.05) is 17.2 Å². The van der Waals surface area contributed by atoms with Crippen molar-refractivity contribution in [3.05, 3.63) is 71.5 Å². The molecular weight excluding hydrogens is 563 g/mol. The van der Waals surface area contributed by atoms with Crippen molar-refractivity contribution in [2.45, 2.75) is 27.1 Å². The van der Waals surface area contributed by atoms with Gasteiger partial charge < -0.3 is 29.7 Å². The Morgan fingerprint density at radius 3 is 2.05 bits per heavy atom. The number of esters is 2. The van der Waals surface area contributed by atoms with Gasteiger partial charge in [0.15, 0.2) is 5.84 Å². The van der Waals surface area contributed by atoms with Crippen molar-refractivity contribution in [2.24, 2.45) is 10.9 Å². The number of alkyl halides is 3. The molecule has 40 heavy (non-hydrogen) atoms. The van der Waals surface area contributed by atoms with Gasteiger partial charge in [0.1, 0.15) is 11.4 Å². The summed E-state index contributed by atoms with van der Waals surface area (Å²) in [6.07, 6.45) is -4.74. The maximum absolute atomic E-state index is 12.0. The standard InChI is InChI=1S/C13H10F3NO4.C8H10N2O.C4H5ClO3/c1-2-19-12(18)11-7-10(17-21-11)8-3-5-9(6-4-8)20-13(14,15)16;1-6-2-4-7(5-3-6)8(9)10-11;1-2-8-4(7)3(5)6/h3-7H,2H2,1H3;2-5,11H,1H3,(H2,9,10);2H2,1H3. The summed E-state index contributed by atoms with van der Waals surface area (Å²) in [5.74, 6) is -1.93. The first-order valence-electron chi connectivity index (χ1n) is 11.2. The number of rotatable bonds is 7. The van der Waals surface area contributed by atoms with Crippen LogP contribution in [0.1, 0.15) is 35.5 Å². The third kappa shape index (κ3) is 12.3. The highest BCUT2D eigenvalue weighted by molar-refractivity contribution is 6.80. The van der Waals surface area contributed by atoms with E-state index < -0.39 is 23.5 Å². The van der Waals surface area contributed by atoms with Crippen LogP contribution in [-0.2, 0) is 19.1 Å². The van der Waals surface area contributed by atoms with Crippen LogP contribution in [0.4, 0.5) is 13.2 Å². The SMILES string of the molecule is CCOC(=O)C(=O)Cl.CCOC(=O)c1cc(-c2ccc(OC(F)(F)F)cc2)no1.Cc1ccc(/C(N)=N\O)cc1. The van der Waals surface area contributed by atoms with E-state index >= 15 is 0 Å². The average Bonchev–Trinajstić information content (AvgIpc) is 3.40. The number of oxime groups is 1. The maximum atomic E-state index is 12.0. The number of nitrogens with two attached hydrogens (primary N) is 1. The number of amidine groups is 1. The first kappa shape index (κ1) is 33.4. The number of ether oxygens (including phenoxy) is 3. The second kappa shape index (κ2) is 16.4. The van der Waals surface area contributed by atoms with Crippen LogP contribution in [0.5, 0.6) is 5.75 Å². The van der Waals surface area contributed by atoms with Crippen LogP contribution in [-0.4, -0.2) is 53.0 Å². The van der Waals surface area contributed by atoms with Crippen LogP contribution in [0.25, 0.3) is 11.3 Å². The normalized spacial score (nSPS) is 10.7. The summed E-state index contributed by atoms with van der Waals surface area (Å²) >= 11 is 4.69. The van der Waals surface area contributed by atoms with Crippen LogP contribution in [0.15, 0.2) is 64.3 Å². The van der Waals surface area contributed by atoms with E-state index in [4.69, 9.17) is 31.8 Å². The fraction of sp³-hybridized carbons (Fsp3) is 0.240. The first-order valence-corrected chi connectivity index (χ1v) is 11.6. The Balaban J connectivity index is 0.000000351. The smallest absolute Gasteiger partial charge is 0.460 e. The Hall–Kier alpha value is -4.59. The maximum Gasteiger partial charge on any atom is 0.573 e. The average molecular weight is 588 g/mol. The summed E-state index contributed by atoms with van der Waals surface area (Å²) in [5, 5.41) is 13.8. The monoisotopic (exact) mass is 587 g/mol. The van der Waals surface area contributed by atoms with E-state index in [-0.39, 0.29) is 30.6 Å². The number of aryl methyl sites for hydroxylation is 1. The fourth-order valence-corrected chi connectivity index (χ4v) is 2.56. The molecule has 216 valence electrons. The molecule has 0 aliphatic carbocycles. The van der Waals surface area contributed by atoms with Crippen molar-refractivity contribution in [1.82, 2.24) is 5.16 Å². The minimum absolute atomic E-state index is 0.0810. The van der Waals surface area contributed by atoms with E-state index in [9.17, 15) is 27.6 Å². The number of nitrogens with zero attached hydrogens (tertiary/aromatic N) is 2. The van der Waals surface area contributed by atoms with Crippen molar-refractivity contribution in [3.8, 4) is 17.0 Å². The van der Waals surface area contributed by atoms with Gasteiger partial charge >= 0.3 is 23.5 Å². The highest BCUT2D eigenvalue weighted by Crippen LogP contribution is 2.26. The van der Waals surface area contributed by atoms with E-state index in [0.29, 0.717) is 11.3 Å². The van der Waals surface area contributed by atoms with Crippen LogP contribution in [0, 0.1) is 6.92 Å². The minimum atomic E-state index is -4.74. The van der Waals surface area contributed by atoms with Crippen LogP contribution in [0.3, 0.4) is 0 Å². The number of carbonyl (C=O) groups is 3. The molecule has 3 rings (SSSR count). The number of carbonyl (C=O) groups excluding carboxylic acids is 3. The highest BCUT2D eigenvalue weighted by atomic mass is 35.5. The molecule has 0 spiro atoms. The molecule has 0 amide bonds. The van der Waals surface area contributed by atoms with Gasteiger partial charge in [0.25, 0.3) is 0 Å². The zero-order valence-corrected chi connectivity index (χ0v) is 22.2. The number of benzene rings is 2. The lowest BCUT2D eigenvalue weighted by atomic mass is 10.1. The Bertz CT molecular complexity index is 1280. The van der Waals surface area contributed by atoms with Gasteiger partial charge in [-0.25, -0.2) is 9.59 Å². The van der Waals surface area contributed by atoms with Gasteiger partial charge in [-0.05, 0) is 56.6 Å². The summed E-state index contributed by atoms with van der Waals surface area (Å²) in [7, 11) is 0. The Morgan fingerprint density at radius 2 is 1.60 bits per heavy atom. The predicted octanol–water partition coefficient (Wildman–Crippen LogP) is 4.82. The van der Waals surface area contributed by atoms with Crippen molar-refractivity contribution in [1.29, 1.82) is 0 Å². The topological polar surface area (TPSA) is 164 Å². The summed E-state index contributed by atoms with van der Waals surface area (Å²) in [5.41, 5.74) is 8.01. The Kier molecular flexibility index (Phi) is 13.7. The zero-order chi connectivity index (χ0) is 30.3. The van der Waals surface area contributed by atoms with Gasteiger partial charge in [-0.3, -0.25) is 4.79 Å². The predicted molar refractivity (Wildman–Crippen MR) is 136 cm³/mol. The molecule has 15 heteroatoms. The molecule has 1 heterocycles. The third-order valence-electron chi connectivity index (χ3n) is 4.26. The van der Waals surface area contributed by atoms with Crippen LogP contribution < -0.4 is 10.5 Å². The van der Waals surface area contributed by atoms with E-state index in [1.54, 1.807) is 13.8 Å². The second-order valence-electron chi connectivity index (χ2n) is 7.21. The highest BCUT2D eigenvalue weighted by Gasteiger charge is 2.31. The second-order valence-corrected chi connectivity index (χ2v) is 7.56. The number of hydrogen-bond donors (Lipinski definition) is 2. The molecule has 3 N–H and O–H groups in total. The molecule has 0 atom stereocenters. The summed E-state index contributed by atoms with van der Waals surface area (Å²) in [4.78, 5) is 31.3. The van der Waals surface area contributed by atoms with Crippen LogP contribution >= 0.6 is 11.6 Å². The molecule has 0 unspecified atom stereocenters. The zero-order valence-electron chi connectivity index (χ0n) is 21.4. The molecule has 11 nitrogen and oxygen atoms in total. The molecule has 0 fully saturated rings. The molecule has 0 aliphatic heterocycles. The van der Waals surface area contributed by atoms with Gasteiger partial charge in [-0.2, -0.15) is 0 Å². The molecule has 0 saturated heterocycles. The lowest BCUT2D eigenvalue weighted by molar-refractivity contribution is -0.274. The van der Waals surface area contributed by atoms with Crippen molar-refractivity contribution >= 4 is 34.6 Å². The lowest BCUT2D eigenvalue weighted by Crippen LogP contribution is -2.16. The van der Waals surface area contributed by atoms with E-state index in [1.165, 1.54) is 18.2 Å². The molecular formula is C25H25ClF3N3O8. The molecule has 3 aromatic rings. The van der Waals surface area contributed by atoms with Gasteiger partial charge in [0.05, 0.1) is 13.2 Å². The van der Waals surface area contributed by atoms with E-state index in [2.05, 4.69) is 19.8 Å². The van der Waals surface area contributed by atoms with Crippen molar-refractivity contribution in [3.63, 3.8) is 0 Å². The molecule has 0 aliphatic rings. The van der Waals surface area contributed by atoms with Gasteiger partial charge in [-0.1, -0.05) is 40.1 Å². The number of halogens is 4. The van der Waals surface area contributed by atoms with Gasteiger partial charge in [0.2, 0.25) is 5.76 Å².